The summed E-state index contributed by atoms with van der Waals surface area (Å²) < 4.78 is 0. The van der Waals surface area contributed by atoms with Gasteiger partial charge in [0.2, 0.25) is 11.8 Å². The summed E-state index contributed by atoms with van der Waals surface area (Å²) >= 11 is 0. The highest BCUT2D eigenvalue weighted by Gasteiger charge is 2.58. The van der Waals surface area contributed by atoms with E-state index in [1.165, 1.54) is 0 Å². The number of carbonyl (C=O) groups is 2. The van der Waals surface area contributed by atoms with Crippen LogP contribution in [0.1, 0.15) is 32.1 Å². The molecule has 0 radical (unpaired) electrons. The Kier molecular flexibility index (Phi) is 1.89. The van der Waals surface area contributed by atoms with Crippen LogP contribution >= 0.6 is 0 Å². The van der Waals surface area contributed by atoms with Crippen LogP contribution in [0, 0.1) is 29.1 Å². The summed E-state index contributed by atoms with van der Waals surface area (Å²) in [7, 11) is 0. The maximum atomic E-state index is 11.6. The molecule has 16 heavy (non-hydrogen) atoms. The zero-order valence-electron chi connectivity index (χ0n) is 9.32. The molecule has 4 saturated carbocycles. The number of rotatable bonds is 2. The maximum absolute atomic E-state index is 11.6. The van der Waals surface area contributed by atoms with Crippen LogP contribution in [0.15, 0.2) is 0 Å². The smallest absolute Gasteiger partial charge is 0.223 e. The van der Waals surface area contributed by atoms with Crippen LogP contribution in [0.4, 0.5) is 0 Å². The minimum atomic E-state index is -0.303. The summed E-state index contributed by atoms with van der Waals surface area (Å²) in [6.45, 7) is 0. The molecule has 4 bridgehead atoms. The Morgan fingerprint density at radius 3 is 2.00 bits per heavy atom. The van der Waals surface area contributed by atoms with Crippen LogP contribution in [-0.4, -0.2) is 11.8 Å². The number of carbonyl (C=O) groups excluding carboxylic acids is 2. The van der Waals surface area contributed by atoms with Crippen LogP contribution in [0.3, 0.4) is 0 Å². The van der Waals surface area contributed by atoms with Crippen molar-refractivity contribution in [3.05, 3.63) is 0 Å². The van der Waals surface area contributed by atoms with Gasteiger partial charge in [-0.3, -0.25) is 9.59 Å². The van der Waals surface area contributed by atoms with Crippen LogP contribution in [-0.2, 0) is 9.59 Å². The van der Waals surface area contributed by atoms with Crippen molar-refractivity contribution in [2.45, 2.75) is 32.1 Å². The highest BCUT2D eigenvalue weighted by molar-refractivity contribution is 5.83. The van der Waals surface area contributed by atoms with Gasteiger partial charge in [-0.05, 0) is 49.9 Å². The first kappa shape index (κ1) is 10.1. The monoisotopic (exact) mass is 222 g/mol. The molecule has 5 atom stereocenters. The molecule has 4 aliphatic carbocycles. The lowest BCUT2D eigenvalue weighted by atomic mass is 9.46. The summed E-state index contributed by atoms with van der Waals surface area (Å²) in [5.41, 5.74) is 10.7. The van der Waals surface area contributed by atoms with E-state index in [1.807, 2.05) is 0 Å². The predicted octanol–water partition coefficient (Wildman–Crippen LogP) is 0.399. The minimum absolute atomic E-state index is 0.00373. The molecule has 4 N–H and O–H groups in total. The number of nitrogens with two attached hydrogens (primary N) is 2. The van der Waals surface area contributed by atoms with Crippen LogP contribution in [0.25, 0.3) is 0 Å². The topological polar surface area (TPSA) is 86.2 Å². The third-order valence-corrected chi connectivity index (χ3v) is 5.12. The first-order valence-corrected chi connectivity index (χ1v) is 6.11. The Hall–Kier alpha value is -1.06. The van der Waals surface area contributed by atoms with Gasteiger partial charge in [0, 0.05) is 11.3 Å². The van der Waals surface area contributed by atoms with E-state index in [2.05, 4.69) is 0 Å². The van der Waals surface area contributed by atoms with Crippen molar-refractivity contribution < 1.29 is 9.59 Å². The molecule has 4 heteroatoms. The molecule has 4 aliphatic rings. The molecule has 4 rings (SSSR count). The lowest BCUT2D eigenvalue weighted by Crippen LogP contribution is -2.58. The second-order valence-corrected chi connectivity index (χ2v) is 6.04. The quantitative estimate of drug-likeness (QED) is 0.708. The fourth-order valence-electron chi connectivity index (χ4n) is 4.79. The van der Waals surface area contributed by atoms with E-state index in [9.17, 15) is 9.59 Å². The van der Waals surface area contributed by atoms with Crippen molar-refractivity contribution in [1.82, 2.24) is 0 Å². The predicted molar refractivity (Wildman–Crippen MR) is 57.9 cm³/mol. The lowest BCUT2D eigenvalue weighted by Gasteiger charge is -2.58. The second kappa shape index (κ2) is 2.99. The highest BCUT2D eigenvalue weighted by Crippen LogP contribution is 2.61. The van der Waals surface area contributed by atoms with Gasteiger partial charge in [0.25, 0.3) is 0 Å². The Morgan fingerprint density at radius 1 is 1.00 bits per heavy atom. The van der Waals surface area contributed by atoms with Crippen LogP contribution < -0.4 is 11.5 Å². The fraction of sp³-hybridized carbons (Fsp3) is 0.833. The Balaban J connectivity index is 1.95. The standard InChI is InChI=1S/C12H18N2O2/c13-10(15)9-7-1-6-2-8(9)5-12(3-6,4-7)11(14)16/h6-9H,1-5H2,(H2,13,15)(H2,14,16)/t6?,7-,8+,9?,12+. The average Bonchev–Trinajstić information content (AvgIpc) is 2.14. The summed E-state index contributed by atoms with van der Waals surface area (Å²) in [5, 5.41) is 0. The summed E-state index contributed by atoms with van der Waals surface area (Å²) in [6.07, 6.45) is 4.67. The molecular weight excluding hydrogens is 204 g/mol. The van der Waals surface area contributed by atoms with E-state index in [-0.39, 0.29) is 23.1 Å². The summed E-state index contributed by atoms with van der Waals surface area (Å²) in [4.78, 5) is 23.1. The first-order chi connectivity index (χ1) is 7.52. The van der Waals surface area contributed by atoms with E-state index in [0.29, 0.717) is 17.8 Å². The maximum Gasteiger partial charge on any atom is 0.223 e. The van der Waals surface area contributed by atoms with Crippen LogP contribution in [0.2, 0.25) is 0 Å². The third kappa shape index (κ3) is 1.16. The largest absolute Gasteiger partial charge is 0.369 e. The third-order valence-electron chi connectivity index (χ3n) is 5.12. The van der Waals surface area contributed by atoms with Gasteiger partial charge in [-0.25, -0.2) is 0 Å². The van der Waals surface area contributed by atoms with Crippen molar-refractivity contribution >= 4 is 11.8 Å². The number of primary amides is 2. The zero-order valence-corrected chi connectivity index (χ0v) is 9.32. The summed E-state index contributed by atoms with van der Waals surface area (Å²) in [6, 6.07) is 0. The molecule has 4 nitrogen and oxygen atoms in total. The lowest BCUT2D eigenvalue weighted by molar-refractivity contribution is -0.157. The molecule has 4 fully saturated rings. The van der Waals surface area contributed by atoms with Gasteiger partial charge < -0.3 is 11.5 Å². The molecule has 0 aromatic heterocycles. The minimum Gasteiger partial charge on any atom is -0.369 e. The first-order valence-electron chi connectivity index (χ1n) is 6.11. The van der Waals surface area contributed by atoms with E-state index in [0.717, 1.165) is 32.1 Å². The van der Waals surface area contributed by atoms with E-state index < -0.39 is 0 Å². The van der Waals surface area contributed by atoms with Gasteiger partial charge in [0.1, 0.15) is 0 Å². The van der Waals surface area contributed by atoms with E-state index >= 15 is 0 Å². The molecule has 0 aromatic rings. The van der Waals surface area contributed by atoms with Gasteiger partial charge in [-0.15, -0.1) is 0 Å². The normalized spacial score (nSPS) is 49.2. The molecule has 0 aromatic carbocycles. The van der Waals surface area contributed by atoms with E-state index in [1.54, 1.807) is 0 Å². The summed E-state index contributed by atoms with van der Waals surface area (Å²) in [5.74, 6) is 0.903. The number of amides is 2. The number of hydrogen-bond donors (Lipinski definition) is 2. The molecule has 2 unspecified atom stereocenters. The zero-order chi connectivity index (χ0) is 11.5. The highest BCUT2D eigenvalue weighted by atomic mass is 16.1. The Labute approximate surface area is 94.7 Å². The van der Waals surface area contributed by atoms with Crippen molar-refractivity contribution in [3.63, 3.8) is 0 Å². The molecular formula is C12H18N2O2. The van der Waals surface area contributed by atoms with Crippen molar-refractivity contribution in [2.24, 2.45) is 40.6 Å². The van der Waals surface area contributed by atoms with Gasteiger partial charge in [0.15, 0.2) is 0 Å². The van der Waals surface area contributed by atoms with E-state index in [4.69, 9.17) is 11.5 Å². The average molecular weight is 222 g/mol. The number of hydrogen-bond acceptors (Lipinski definition) is 2. The Morgan fingerprint density at radius 2 is 1.56 bits per heavy atom. The van der Waals surface area contributed by atoms with Crippen molar-refractivity contribution in [1.29, 1.82) is 0 Å². The molecule has 0 aliphatic heterocycles. The van der Waals surface area contributed by atoms with Crippen molar-refractivity contribution in [3.8, 4) is 0 Å². The molecule has 2 amide bonds. The van der Waals surface area contributed by atoms with Crippen LogP contribution in [0.5, 0.6) is 0 Å². The van der Waals surface area contributed by atoms with Gasteiger partial charge in [-0.2, -0.15) is 0 Å². The SMILES string of the molecule is NC(=O)C1[C@@H]2CC3C[C@H]1C[C@](C(N)=O)(C3)C2. The molecule has 0 saturated heterocycles. The molecule has 0 heterocycles. The molecule has 88 valence electrons. The second-order valence-electron chi connectivity index (χ2n) is 6.04. The fourth-order valence-corrected chi connectivity index (χ4v) is 4.79. The van der Waals surface area contributed by atoms with Gasteiger partial charge >= 0.3 is 0 Å². The van der Waals surface area contributed by atoms with Gasteiger partial charge in [0.05, 0.1) is 0 Å². The molecule has 0 spiro atoms. The van der Waals surface area contributed by atoms with Gasteiger partial charge in [-0.1, -0.05) is 0 Å². The van der Waals surface area contributed by atoms with Crippen molar-refractivity contribution in [2.75, 3.05) is 0 Å². The Bertz CT molecular complexity index is 350.